The van der Waals surface area contributed by atoms with Crippen LogP contribution in [-0.2, 0) is 17.6 Å². The fourth-order valence-electron chi connectivity index (χ4n) is 2.27. The summed E-state index contributed by atoms with van der Waals surface area (Å²) in [6.45, 7) is 0.634. The minimum absolute atomic E-state index is 0. The molecule has 0 heterocycles. The van der Waals surface area contributed by atoms with E-state index in [4.69, 9.17) is 28.9 Å². The number of hydrogen-bond acceptors (Lipinski definition) is 2. The molecule has 0 aliphatic heterocycles. The van der Waals surface area contributed by atoms with Gasteiger partial charge in [-0.2, -0.15) is 0 Å². The van der Waals surface area contributed by atoms with Crippen molar-refractivity contribution in [3.05, 3.63) is 63.6 Å². The van der Waals surface area contributed by atoms with Crippen molar-refractivity contribution in [3.63, 3.8) is 0 Å². The van der Waals surface area contributed by atoms with E-state index in [0.717, 1.165) is 36.1 Å². The third kappa shape index (κ3) is 7.00. The number of halogens is 3. The maximum Gasteiger partial charge on any atom is 0.220 e. The van der Waals surface area contributed by atoms with E-state index in [1.165, 1.54) is 0 Å². The van der Waals surface area contributed by atoms with Crippen molar-refractivity contribution in [2.24, 2.45) is 0 Å². The Hall–Kier alpha value is -1.42. The minimum atomic E-state index is 0. The number of amides is 1. The Bertz CT molecular complexity index is 660. The molecule has 0 saturated carbocycles. The van der Waals surface area contributed by atoms with Crippen molar-refractivity contribution in [1.29, 1.82) is 0 Å². The van der Waals surface area contributed by atoms with Gasteiger partial charge in [-0.25, -0.2) is 0 Å². The summed E-state index contributed by atoms with van der Waals surface area (Å²) >= 11 is 11.9. The van der Waals surface area contributed by atoms with Gasteiger partial charge in [0.05, 0.1) is 10.0 Å². The molecule has 0 atom stereocenters. The molecular weight excluding hydrogens is 367 g/mol. The predicted molar refractivity (Wildman–Crippen MR) is 104 cm³/mol. The Kier molecular flexibility index (Phi) is 8.98. The van der Waals surface area contributed by atoms with E-state index in [0.29, 0.717) is 23.0 Å². The molecule has 0 radical (unpaired) electrons. The number of rotatable bonds is 7. The smallest absolute Gasteiger partial charge is 0.220 e. The summed E-state index contributed by atoms with van der Waals surface area (Å²) in [5.41, 5.74) is 8.64. The SMILES string of the molecule is Cl.Nc1ccc(CCNC(=O)CCCc2ccc(Cl)c(Cl)c2)cc1. The van der Waals surface area contributed by atoms with Gasteiger partial charge in [0.2, 0.25) is 5.91 Å². The fraction of sp³-hybridized carbons (Fsp3) is 0.278. The maximum atomic E-state index is 11.8. The molecule has 0 aliphatic carbocycles. The lowest BCUT2D eigenvalue weighted by Gasteiger charge is -2.06. The monoisotopic (exact) mass is 386 g/mol. The zero-order valence-electron chi connectivity index (χ0n) is 13.2. The lowest BCUT2D eigenvalue weighted by molar-refractivity contribution is -0.121. The van der Waals surface area contributed by atoms with E-state index in [1.54, 1.807) is 6.07 Å². The van der Waals surface area contributed by atoms with Crippen LogP contribution in [0, 0.1) is 0 Å². The van der Waals surface area contributed by atoms with Gasteiger partial charge in [-0.1, -0.05) is 41.4 Å². The molecule has 0 fully saturated rings. The summed E-state index contributed by atoms with van der Waals surface area (Å²) < 4.78 is 0. The average molecular weight is 388 g/mol. The number of hydrogen-bond donors (Lipinski definition) is 2. The Balaban J connectivity index is 0.00000288. The predicted octanol–water partition coefficient (Wildman–Crippen LogP) is 4.68. The molecule has 0 spiro atoms. The average Bonchev–Trinajstić information content (AvgIpc) is 2.53. The van der Waals surface area contributed by atoms with Crippen LogP contribution in [-0.4, -0.2) is 12.5 Å². The highest BCUT2D eigenvalue weighted by atomic mass is 35.5. The van der Waals surface area contributed by atoms with E-state index in [-0.39, 0.29) is 18.3 Å². The van der Waals surface area contributed by atoms with Crippen LogP contribution in [0.1, 0.15) is 24.0 Å². The quantitative estimate of drug-likeness (QED) is 0.678. The third-order valence-corrected chi connectivity index (χ3v) is 4.31. The zero-order chi connectivity index (χ0) is 16.7. The Morgan fingerprint density at radius 3 is 2.29 bits per heavy atom. The molecule has 6 heteroatoms. The van der Waals surface area contributed by atoms with Crippen molar-refractivity contribution in [2.45, 2.75) is 25.7 Å². The maximum absolute atomic E-state index is 11.8. The molecule has 24 heavy (non-hydrogen) atoms. The van der Waals surface area contributed by atoms with Gasteiger partial charge < -0.3 is 11.1 Å². The molecule has 130 valence electrons. The molecule has 1 amide bonds. The first-order chi connectivity index (χ1) is 11.0. The van der Waals surface area contributed by atoms with Gasteiger partial charge in [0, 0.05) is 18.7 Å². The van der Waals surface area contributed by atoms with Crippen LogP contribution in [0.15, 0.2) is 42.5 Å². The Morgan fingerprint density at radius 1 is 0.958 bits per heavy atom. The van der Waals surface area contributed by atoms with Crippen LogP contribution >= 0.6 is 35.6 Å². The van der Waals surface area contributed by atoms with Gasteiger partial charge in [0.15, 0.2) is 0 Å². The van der Waals surface area contributed by atoms with Crippen LogP contribution in [0.25, 0.3) is 0 Å². The van der Waals surface area contributed by atoms with E-state index >= 15 is 0 Å². The van der Waals surface area contributed by atoms with Crippen molar-refractivity contribution in [3.8, 4) is 0 Å². The molecule has 0 unspecified atom stereocenters. The van der Waals surface area contributed by atoms with E-state index in [2.05, 4.69) is 5.32 Å². The first-order valence-corrected chi connectivity index (χ1v) is 8.35. The minimum Gasteiger partial charge on any atom is -0.399 e. The van der Waals surface area contributed by atoms with Gasteiger partial charge in [-0.3, -0.25) is 4.79 Å². The van der Waals surface area contributed by atoms with Gasteiger partial charge in [-0.15, -0.1) is 12.4 Å². The molecular formula is C18H21Cl3N2O. The standard InChI is InChI=1S/C18H20Cl2N2O.ClH/c19-16-9-6-14(12-17(16)20)2-1-3-18(23)22-11-10-13-4-7-15(21)8-5-13;/h4-9,12H,1-3,10-11,21H2,(H,22,23);1H. The highest BCUT2D eigenvalue weighted by molar-refractivity contribution is 6.42. The van der Waals surface area contributed by atoms with Gasteiger partial charge in [0.1, 0.15) is 0 Å². The fourth-order valence-corrected chi connectivity index (χ4v) is 2.59. The van der Waals surface area contributed by atoms with Crippen LogP contribution < -0.4 is 11.1 Å². The zero-order valence-corrected chi connectivity index (χ0v) is 15.6. The Labute approximate surface area is 158 Å². The number of benzene rings is 2. The van der Waals surface area contributed by atoms with Crippen LogP contribution in [0.4, 0.5) is 5.69 Å². The van der Waals surface area contributed by atoms with Crippen molar-refractivity contribution < 1.29 is 4.79 Å². The van der Waals surface area contributed by atoms with Gasteiger partial charge >= 0.3 is 0 Å². The summed E-state index contributed by atoms with van der Waals surface area (Å²) in [6.07, 6.45) is 2.90. The lowest BCUT2D eigenvalue weighted by Crippen LogP contribution is -2.25. The second kappa shape index (κ2) is 10.4. The number of carbonyl (C=O) groups is 1. The number of nitrogens with two attached hydrogens (primary N) is 1. The van der Waals surface area contributed by atoms with E-state index < -0.39 is 0 Å². The third-order valence-electron chi connectivity index (χ3n) is 3.57. The molecule has 0 aliphatic rings. The van der Waals surface area contributed by atoms with Gasteiger partial charge in [-0.05, 0) is 54.7 Å². The molecule has 0 aromatic heterocycles. The topological polar surface area (TPSA) is 55.1 Å². The summed E-state index contributed by atoms with van der Waals surface area (Å²) in [4.78, 5) is 11.8. The summed E-state index contributed by atoms with van der Waals surface area (Å²) in [7, 11) is 0. The summed E-state index contributed by atoms with van der Waals surface area (Å²) in [5, 5.41) is 4.04. The molecule has 0 saturated heterocycles. The van der Waals surface area contributed by atoms with Crippen molar-refractivity contribution in [1.82, 2.24) is 5.32 Å². The largest absolute Gasteiger partial charge is 0.399 e. The van der Waals surface area contributed by atoms with E-state index in [9.17, 15) is 4.79 Å². The highest BCUT2D eigenvalue weighted by Crippen LogP contribution is 2.23. The molecule has 2 aromatic carbocycles. The van der Waals surface area contributed by atoms with Crippen LogP contribution in [0.5, 0.6) is 0 Å². The second-order valence-electron chi connectivity index (χ2n) is 5.44. The van der Waals surface area contributed by atoms with Crippen LogP contribution in [0.2, 0.25) is 10.0 Å². The number of anilines is 1. The van der Waals surface area contributed by atoms with Crippen molar-refractivity contribution in [2.75, 3.05) is 12.3 Å². The number of nitrogen functional groups attached to an aromatic ring is 1. The molecule has 3 nitrogen and oxygen atoms in total. The number of carbonyl (C=O) groups excluding carboxylic acids is 1. The first kappa shape index (κ1) is 20.6. The summed E-state index contributed by atoms with van der Waals surface area (Å²) in [5.74, 6) is 0.0699. The van der Waals surface area contributed by atoms with Crippen molar-refractivity contribution >= 4 is 47.2 Å². The van der Waals surface area contributed by atoms with Crippen LogP contribution in [0.3, 0.4) is 0 Å². The molecule has 2 rings (SSSR count). The molecule has 3 N–H and O–H groups in total. The second-order valence-corrected chi connectivity index (χ2v) is 6.26. The number of aryl methyl sites for hydroxylation is 1. The lowest BCUT2D eigenvalue weighted by atomic mass is 10.1. The molecule has 2 aromatic rings. The number of nitrogens with one attached hydrogen (secondary N) is 1. The normalized spacial score (nSPS) is 10.1. The first-order valence-electron chi connectivity index (χ1n) is 7.59. The van der Waals surface area contributed by atoms with E-state index in [1.807, 2.05) is 36.4 Å². The summed E-state index contributed by atoms with van der Waals surface area (Å²) in [6, 6.07) is 13.3. The van der Waals surface area contributed by atoms with Gasteiger partial charge in [0.25, 0.3) is 0 Å². The Morgan fingerprint density at radius 2 is 1.62 bits per heavy atom. The molecule has 0 bridgehead atoms. The highest BCUT2D eigenvalue weighted by Gasteiger charge is 2.03.